The molecule has 0 radical (unpaired) electrons. The molecule has 3 rings (SSSR count). The fourth-order valence-corrected chi connectivity index (χ4v) is 3.39. The zero-order valence-corrected chi connectivity index (χ0v) is 16.0. The highest BCUT2D eigenvalue weighted by atomic mass is 19.1. The van der Waals surface area contributed by atoms with Gasteiger partial charge in [-0.2, -0.15) is 0 Å². The van der Waals surface area contributed by atoms with Gasteiger partial charge in [0.25, 0.3) is 0 Å². The first-order chi connectivity index (χ1) is 12.8. The van der Waals surface area contributed by atoms with Crippen molar-refractivity contribution < 1.29 is 14.0 Å². The fourth-order valence-electron chi connectivity index (χ4n) is 3.39. The number of rotatable bonds is 5. The molecular formula is C22H25FN2O2. The molecular weight excluding hydrogens is 343 g/mol. The molecule has 0 aromatic heterocycles. The predicted molar refractivity (Wildman–Crippen MR) is 104 cm³/mol. The van der Waals surface area contributed by atoms with Crippen molar-refractivity contribution in [1.82, 2.24) is 5.32 Å². The van der Waals surface area contributed by atoms with Gasteiger partial charge in [-0.1, -0.05) is 50.2 Å². The molecule has 2 aromatic rings. The number of hydrogen-bond donors (Lipinski definition) is 1. The van der Waals surface area contributed by atoms with Gasteiger partial charge < -0.3 is 10.2 Å². The SMILES string of the molecule is Cc1ccc(N2CC(C(=O)NCC(C)(C)c3ccccc3)CC2=O)c(F)c1. The molecule has 2 aromatic carbocycles. The smallest absolute Gasteiger partial charge is 0.227 e. The van der Waals surface area contributed by atoms with Gasteiger partial charge in [0.15, 0.2) is 0 Å². The Labute approximate surface area is 159 Å². The zero-order chi connectivity index (χ0) is 19.6. The van der Waals surface area contributed by atoms with Gasteiger partial charge in [-0.15, -0.1) is 0 Å². The third-order valence-electron chi connectivity index (χ3n) is 5.15. The lowest BCUT2D eigenvalue weighted by Gasteiger charge is -2.26. The van der Waals surface area contributed by atoms with E-state index >= 15 is 0 Å². The van der Waals surface area contributed by atoms with E-state index in [2.05, 4.69) is 19.2 Å². The third-order valence-corrected chi connectivity index (χ3v) is 5.15. The summed E-state index contributed by atoms with van der Waals surface area (Å²) in [7, 11) is 0. The highest BCUT2D eigenvalue weighted by Gasteiger charge is 2.36. The van der Waals surface area contributed by atoms with Crippen molar-refractivity contribution in [3.63, 3.8) is 0 Å². The summed E-state index contributed by atoms with van der Waals surface area (Å²) in [6.07, 6.45) is 0.102. The predicted octanol–water partition coefficient (Wildman–Crippen LogP) is 3.58. The summed E-state index contributed by atoms with van der Waals surface area (Å²) >= 11 is 0. The lowest BCUT2D eigenvalue weighted by Crippen LogP contribution is -2.40. The Morgan fingerprint density at radius 2 is 1.93 bits per heavy atom. The zero-order valence-electron chi connectivity index (χ0n) is 16.0. The summed E-state index contributed by atoms with van der Waals surface area (Å²) in [5.41, 5.74) is 1.95. The molecule has 0 bridgehead atoms. The van der Waals surface area contributed by atoms with Crippen LogP contribution in [0.4, 0.5) is 10.1 Å². The molecule has 1 aliphatic rings. The van der Waals surface area contributed by atoms with Crippen LogP contribution in [0.5, 0.6) is 0 Å². The monoisotopic (exact) mass is 368 g/mol. The molecule has 0 saturated carbocycles. The lowest BCUT2D eigenvalue weighted by molar-refractivity contribution is -0.126. The molecule has 0 aliphatic carbocycles. The van der Waals surface area contributed by atoms with Crippen LogP contribution in [0.3, 0.4) is 0 Å². The van der Waals surface area contributed by atoms with Crippen molar-refractivity contribution in [2.75, 3.05) is 18.0 Å². The highest BCUT2D eigenvalue weighted by molar-refractivity contribution is 6.00. The Balaban J connectivity index is 1.64. The number of nitrogens with zero attached hydrogens (tertiary/aromatic N) is 1. The Hall–Kier alpha value is -2.69. The van der Waals surface area contributed by atoms with Crippen LogP contribution in [0, 0.1) is 18.7 Å². The van der Waals surface area contributed by atoms with Crippen LogP contribution >= 0.6 is 0 Å². The van der Waals surface area contributed by atoms with Crippen LogP contribution < -0.4 is 10.2 Å². The number of hydrogen-bond acceptors (Lipinski definition) is 2. The van der Waals surface area contributed by atoms with Crippen molar-refractivity contribution in [2.45, 2.75) is 32.6 Å². The van der Waals surface area contributed by atoms with E-state index < -0.39 is 11.7 Å². The topological polar surface area (TPSA) is 49.4 Å². The van der Waals surface area contributed by atoms with Crippen LogP contribution in [0.2, 0.25) is 0 Å². The summed E-state index contributed by atoms with van der Waals surface area (Å²) < 4.78 is 14.2. The average Bonchev–Trinajstić information content (AvgIpc) is 3.02. The number of carbonyl (C=O) groups is 2. The summed E-state index contributed by atoms with van der Waals surface area (Å²) in [5.74, 6) is -1.29. The Morgan fingerprint density at radius 3 is 2.59 bits per heavy atom. The Kier molecular flexibility index (Phi) is 5.31. The van der Waals surface area contributed by atoms with Crippen LogP contribution in [0.15, 0.2) is 48.5 Å². The van der Waals surface area contributed by atoms with E-state index in [1.807, 2.05) is 30.3 Å². The van der Waals surface area contributed by atoms with E-state index in [1.54, 1.807) is 19.1 Å². The van der Waals surface area contributed by atoms with Gasteiger partial charge in [0.1, 0.15) is 5.82 Å². The van der Waals surface area contributed by atoms with Crippen LogP contribution in [-0.2, 0) is 15.0 Å². The van der Waals surface area contributed by atoms with E-state index in [0.717, 1.165) is 11.1 Å². The largest absolute Gasteiger partial charge is 0.355 e. The molecule has 1 saturated heterocycles. The van der Waals surface area contributed by atoms with Crippen LogP contribution in [0.1, 0.15) is 31.4 Å². The molecule has 0 spiro atoms. The van der Waals surface area contributed by atoms with Crippen molar-refractivity contribution in [2.24, 2.45) is 5.92 Å². The molecule has 1 fully saturated rings. The second-order valence-corrected chi connectivity index (χ2v) is 7.83. The van der Waals surface area contributed by atoms with E-state index in [-0.39, 0.29) is 35.9 Å². The molecule has 142 valence electrons. The first-order valence-corrected chi connectivity index (χ1v) is 9.18. The number of anilines is 1. The van der Waals surface area contributed by atoms with Gasteiger partial charge in [0, 0.05) is 24.9 Å². The standard InChI is InChI=1S/C22H25FN2O2/c1-15-9-10-19(18(23)11-15)25-13-16(12-20(25)26)21(27)24-14-22(2,3)17-7-5-4-6-8-17/h4-11,16H,12-14H2,1-3H3,(H,24,27). The maximum Gasteiger partial charge on any atom is 0.227 e. The molecule has 1 atom stereocenters. The summed E-state index contributed by atoms with van der Waals surface area (Å²) in [4.78, 5) is 26.3. The van der Waals surface area contributed by atoms with Gasteiger partial charge >= 0.3 is 0 Å². The molecule has 2 amide bonds. The maximum atomic E-state index is 14.2. The number of nitrogens with one attached hydrogen (secondary N) is 1. The molecule has 4 nitrogen and oxygen atoms in total. The van der Waals surface area contributed by atoms with Crippen molar-refractivity contribution in [1.29, 1.82) is 0 Å². The van der Waals surface area contributed by atoms with E-state index in [4.69, 9.17) is 0 Å². The van der Waals surface area contributed by atoms with Crippen LogP contribution in [0.25, 0.3) is 0 Å². The highest BCUT2D eigenvalue weighted by Crippen LogP contribution is 2.28. The number of amides is 2. The first kappa shape index (κ1) is 19.1. The molecule has 27 heavy (non-hydrogen) atoms. The quantitative estimate of drug-likeness (QED) is 0.877. The second kappa shape index (κ2) is 7.51. The number of aryl methyl sites for hydroxylation is 1. The van der Waals surface area contributed by atoms with Crippen molar-refractivity contribution in [3.05, 3.63) is 65.5 Å². The molecule has 5 heteroatoms. The Bertz CT molecular complexity index is 849. The van der Waals surface area contributed by atoms with E-state index in [0.29, 0.717) is 6.54 Å². The Morgan fingerprint density at radius 1 is 1.22 bits per heavy atom. The normalized spacial score (nSPS) is 17.3. The lowest BCUT2D eigenvalue weighted by atomic mass is 9.84. The molecule has 1 unspecified atom stereocenters. The maximum absolute atomic E-state index is 14.2. The van der Waals surface area contributed by atoms with Gasteiger partial charge in [0.2, 0.25) is 11.8 Å². The van der Waals surface area contributed by atoms with Gasteiger partial charge in [0.05, 0.1) is 11.6 Å². The third kappa shape index (κ3) is 4.18. The minimum Gasteiger partial charge on any atom is -0.355 e. The van der Waals surface area contributed by atoms with Gasteiger partial charge in [-0.25, -0.2) is 4.39 Å². The minimum atomic E-state index is -0.468. The summed E-state index contributed by atoms with van der Waals surface area (Å²) in [5, 5.41) is 2.97. The van der Waals surface area contributed by atoms with E-state index in [1.165, 1.54) is 11.0 Å². The number of halogens is 1. The van der Waals surface area contributed by atoms with Crippen molar-refractivity contribution in [3.8, 4) is 0 Å². The van der Waals surface area contributed by atoms with Gasteiger partial charge in [-0.3, -0.25) is 9.59 Å². The summed E-state index contributed by atoms with van der Waals surface area (Å²) in [6.45, 7) is 6.60. The van der Waals surface area contributed by atoms with Gasteiger partial charge in [-0.05, 0) is 30.2 Å². The molecule has 1 aliphatic heterocycles. The number of benzene rings is 2. The minimum absolute atomic E-state index is 0.102. The molecule has 1 heterocycles. The number of carbonyl (C=O) groups excluding carboxylic acids is 2. The van der Waals surface area contributed by atoms with Crippen molar-refractivity contribution >= 4 is 17.5 Å². The first-order valence-electron chi connectivity index (χ1n) is 9.18. The fraction of sp³-hybridized carbons (Fsp3) is 0.364. The van der Waals surface area contributed by atoms with E-state index in [9.17, 15) is 14.0 Å². The molecule has 1 N–H and O–H groups in total. The average molecular weight is 368 g/mol. The van der Waals surface area contributed by atoms with Crippen LogP contribution in [-0.4, -0.2) is 24.9 Å². The summed E-state index contributed by atoms with van der Waals surface area (Å²) in [6, 6.07) is 14.7. The second-order valence-electron chi connectivity index (χ2n) is 7.83.